The van der Waals surface area contributed by atoms with Crippen LogP contribution in [0.4, 0.5) is 0 Å². The average molecular weight is 378 g/mol. The fourth-order valence-electron chi connectivity index (χ4n) is 4.13. The fourth-order valence-corrected chi connectivity index (χ4v) is 4.26. The Kier molecular flexibility index (Phi) is 4.19. The van der Waals surface area contributed by atoms with E-state index in [1.807, 2.05) is 59.8 Å². The minimum absolute atomic E-state index is 0.490. The van der Waals surface area contributed by atoms with Crippen molar-refractivity contribution in [3.05, 3.63) is 71.8 Å². The van der Waals surface area contributed by atoms with Crippen molar-refractivity contribution in [2.45, 2.75) is 18.8 Å². The quantitative estimate of drug-likeness (QED) is 0.578. The summed E-state index contributed by atoms with van der Waals surface area (Å²) in [5.74, 6) is 1.58. The summed E-state index contributed by atoms with van der Waals surface area (Å²) in [4.78, 5) is 4.41. The van der Waals surface area contributed by atoms with Crippen LogP contribution in [0.3, 0.4) is 0 Å². The Morgan fingerprint density at radius 1 is 1.04 bits per heavy atom. The standard InChI is InChI=1S/C21H20ClN5/c22-16-2-4-17(5-3-16)27-19-14-24-12-8-18(19)20(15-6-10-23-11-7-15)21(27)26-13-1-9-25-26/h1-5,8-9,12-15,23H,6-7,10-11H2. The fraction of sp³-hybridized carbons (Fsp3) is 0.238. The number of nitrogens with zero attached hydrogens (tertiary/aromatic N) is 4. The van der Waals surface area contributed by atoms with Gasteiger partial charge in [0, 0.05) is 40.3 Å². The van der Waals surface area contributed by atoms with Crippen LogP contribution in [0.15, 0.2) is 61.2 Å². The number of benzene rings is 1. The molecular formula is C21H20ClN5. The van der Waals surface area contributed by atoms with Crippen molar-refractivity contribution in [2.75, 3.05) is 13.1 Å². The molecule has 0 amide bonds. The first kappa shape index (κ1) is 16.5. The predicted octanol–water partition coefficient (Wildman–Crippen LogP) is 4.33. The van der Waals surface area contributed by atoms with Crippen LogP contribution in [-0.4, -0.2) is 32.4 Å². The Hall–Kier alpha value is -2.63. The number of rotatable bonds is 3. The SMILES string of the molecule is Clc1ccc(-n2c(-n3cccn3)c(C3CCNCC3)c3ccncc32)cc1. The van der Waals surface area contributed by atoms with Crippen molar-refractivity contribution < 1.29 is 0 Å². The highest BCUT2D eigenvalue weighted by atomic mass is 35.5. The second-order valence-electron chi connectivity index (χ2n) is 6.92. The summed E-state index contributed by atoms with van der Waals surface area (Å²) in [6.07, 6.45) is 9.91. The minimum atomic E-state index is 0.490. The van der Waals surface area contributed by atoms with Crippen molar-refractivity contribution in [2.24, 2.45) is 0 Å². The summed E-state index contributed by atoms with van der Waals surface area (Å²) in [6, 6.07) is 12.1. The molecule has 0 aliphatic carbocycles. The number of nitrogens with one attached hydrogen (secondary N) is 1. The molecule has 0 unspecified atom stereocenters. The normalized spacial score (nSPS) is 15.4. The molecule has 136 valence electrons. The average Bonchev–Trinajstić information content (AvgIpc) is 3.35. The number of hydrogen-bond donors (Lipinski definition) is 1. The van der Waals surface area contributed by atoms with Crippen LogP contribution in [-0.2, 0) is 0 Å². The molecule has 1 fully saturated rings. The van der Waals surface area contributed by atoms with Gasteiger partial charge in [-0.25, -0.2) is 4.68 Å². The van der Waals surface area contributed by atoms with Crippen molar-refractivity contribution >= 4 is 22.5 Å². The third-order valence-corrected chi connectivity index (χ3v) is 5.59. The van der Waals surface area contributed by atoms with Gasteiger partial charge in [0.2, 0.25) is 0 Å². The summed E-state index contributed by atoms with van der Waals surface area (Å²) < 4.78 is 4.23. The van der Waals surface area contributed by atoms with Crippen molar-refractivity contribution in [1.29, 1.82) is 0 Å². The maximum Gasteiger partial charge on any atom is 0.143 e. The predicted molar refractivity (Wildman–Crippen MR) is 108 cm³/mol. The lowest BCUT2D eigenvalue weighted by Gasteiger charge is -2.24. The molecule has 0 bridgehead atoms. The van der Waals surface area contributed by atoms with Crippen LogP contribution >= 0.6 is 11.6 Å². The van der Waals surface area contributed by atoms with E-state index >= 15 is 0 Å². The van der Waals surface area contributed by atoms with Gasteiger partial charge in [0.05, 0.1) is 11.7 Å². The molecule has 0 saturated carbocycles. The third-order valence-electron chi connectivity index (χ3n) is 5.34. The zero-order valence-electron chi connectivity index (χ0n) is 14.8. The second-order valence-corrected chi connectivity index (χ2v) is 7.35. The summed E-state index contributed by atoms with van der Waals surface area (Å²) in [5, 5.41) is 10.0. The molecule has 4 heterocycles. The van der Waals surface area contributed by atoms with E-state index in [-0.39, 0.29) is 0 Å². The van der Waals surface area contributed by atoms with E-state index < -0.39 is 0 Å². The number of halogens is 1. The lowest BCUT2D eigenvalue weighted by molar-refractivity contribution is 0.460. The van der Waals surface area contributed by atoms with Gasteiger partial charge in [-0.3, -0.25) is 9.55 Å². The molecule has 1 aliphatic heterocycles. The number of fused-ring (bicyclic) bond motifs is 1. The summed E-state index contributed by atoms with van der Waals surface area (Å²) in [5.41, 5.74) is 3.51. The van der Waals surface area contributed by atoms with Gasteiger partial charge >= 0.3 is 0 Å². The minimum Gasteiger partial charge on any atom is -0.317 e. The summed E-state index contributed by atoms with van der Waals surface area (Å²) >= 11 is 6.14. The first-order valence-corrected chi connectivity index (χ1v) is 9.66. The maximum atomic E-state index is 6.14. The van der Waals surface area contributed by atoms with Gasteiger partial charge in [0.25, 0.3) is 0 Å². The molecule has 1 aliphatic rings. The highest BCUT2D eigenvalue weighted by Crippen LogP contribution is 2.39. The van der Waals surface area contributed by atoms with Gasteiger partial charge in [-0.15, -0.1) is 0 Å². The number of pyridine rings is 1. The molecular weight excluding hydrogens is 358 g/mol. The van der Waals surface area contributed by atoms with E-state index in [0.717, 1.165) is 48.0 Å². The number of hydrogen-bond acceptors (Lipinski definition) is 3. The van der Waals surface area contributed by atoms with E-state index in [2.05, 4.69) is 26.0 Å². The maximum absolute atomic E-state index is 6.14. The topological polar surface area (TPSA) is 47.7 Å². The van der Waals surface area contributed by atoms with Gasteiger partial charge in [-0.05, 0) is 68.2 Å². The van der Waals surface area contributed by atoms with E-state index in [1.165, 1.54) is 10.9 Å². The molecule has 27 heavy (non-hydrogen) atoms. The largest absolute Gasteiger partial charge is 0.317 e. The molecule has 0 radical (unpaired) electrons. The molecule has 0 spiro atoms. The first-order valence-electron chi connectivity index (χ1n) is 9.28. The molecule has 1 saturated heterocycles. The smallest absolute Gasteiger partial charge is 0.143 e. The van der Waals surface area contributed by atoms with Gasteiger partial charge in [-0.1, -0.05) is 11.6 Å². The van der Waals surface area contributed by atoms with Crippen LogP contribution in [0, 0.1) is 0 Å². The number of aromatic nitrogens is 4. The molecule has 3 aromatic heterocycles. The van der Waals surface area contributed by atoms with Gasteiger partial charge in [0.15, 0.2) is 0 Å². The lowest BCUT2D eigenvalue weighted by atomic mass is 9.89. The second kappa shape index (κ2) is 6.83. The van der Waals surface area contributed by atoms with Crippen molar-refractivity contribution in [3.8, 4) is 11.5 Å². The monoisotopic (exact) mass is 377 g/mol. The Labute approximate surface area is 162 Å². The van der Waals surface area contributed by atoms with Gasteiger partial charge < -0.3 is 5.32 Å². The summed E-state index contributed by atoms with van der Waals surface area (Å²) in [6.45, 7) is 2.09. The van der Waals surface area contributed by atoms with E-state index in [0.29, 0.717) is 5.92 Å². The lowest BCUT2D eigenvalue weighted by Crippen LogP contribution is -2.27. The highest BCUT2D eigenvalue weighted by molar-refractivity contribution is 6.30. The van der Waals surface area contributed by atoms with E-state index in [4.69, 9.17) is 11.6 Å². The Morgan fingerprint density at radius 2 is 1.85 bits per heavy atom. The molecule has 5 rings (SSSR count). The zero-order chi connectivity index (χ0) is 18.2. The van der Waals surface area contributed by atoms with Gasteiger partial charge in [0.1, 0.15) is 5.82 Å². The molecule has 6 heteroatoms. The molecule has 1 N–H and O–H groups in total. The Bertz CT molecular complexity index is 1060. The van der Waals surface area contributed by atoms with Gasteiger partial charge in [-0.2, -0.15) is 5.10 Å². The Balaban J connectivity index is 1.85. The Morgan fingerprint density at radius 3 is 2.59 bits per heavy atom. The number of piperidine rings is 1. The van der Waals surface area contributed by atoms with E-state index in [9.17, 15) is 0 Å². The third kappa shape index (κ3) is 2.83. The van der Waals surface area contributed by atoms with E-state index in [1.54, 1.807) is 0 Å². The highest BCUT2D eigenvalue weighted by Gasteiger charge is 2.27. The van der Waals surface area contributed by atoms with Crippen molar-refractivity contribution in [3.63, 3.8) is 0 Å². The van der Waals surface area contributed by atoms with Crippen LogP contribution in [0.2, 0.25) is 5.02 Å². The molecule has 0 atom stereocenters. The zero-order valence-corrected chi connectivity index (χ0v) is 15.6. The van der Waals surface area contributed by atoms with Crippen LogP contribution in [0.1, 0.15) is 24.3 Å². The summed E-state index contributed by atoms with van der Waals surface area (Å²) in [7, 11) is 0. The first-order chi connectivity index (χ1) is 13.3. The molecule has 5 nitrogen and oxygen atoms in total. The van der Waals surface area contributed by atoms with Crippen LogP contribution < -0.4 is 5.32 Å². The van der Waals surface area contributed by atoms with Crippen LogP contribution in [0.5, 0.6) is 0 Å². The molecule has 1 aromatic carbocycles. The molecule has 4 aromatic rings. The van der Waals surface area contributed by atoms with Crippen molar-refractivity contribution in [1.82, 2.24) is 24.6 Å². The van der Waals surface area contributed by atoms with Crippen LogP contribution in [0.25, 0.3) is 22.4 Å².